The van der Waals surface area contributed by atoms with Gasteiger partial charge in [0.25, 0.3) is 11.8 Å². The largest absolute Gasteiger partial charge is 0.507 e. The number of halogens is 1. The van der Waals surface area contributed by atoms with Crippen molar-refractivity contribution < 1.29 is 14.7 Å². The predicted octanol–water partition coefficient (Wildman–Crippen LogP) is 2.62. The van der Waals surface area contributed by atoms with E-state index in [1.807, 2.05) is 0 Å². The van der Waals surface area contributed by atoms with Crippen molar-refractivity contribution in [3.8, 4) is 5.75 Å². The monoisotopic (exact) mass is 358 g/mol. The summed E-state index contributed by atoms with van der Waals surface area (Å²) in [6.07, 6.45) is 1.38. The zero-order valence-electron chi connectivity index (χ0n) is 11.3. The zero-order chi connectivity index (χ0) is 15.7. The highest BCUT2D eigenvalue weighted by molar-refractivity contribution is 9.10. The number of nitrogens with zero attached hydrogens (tertiary/aromatic N) is 1. The summed E-state index contributed by atoms with van der Waals surface area (Å²) in [5.41, 5.74) is 3.46. The Hall–Kier alpha value is -2.60. The Morgan fingerprint density at radius 1 is 1.05 bits per heavy atom. The fourth-order valence-electron chi connectivity index (χ4n) is 2.09. The molecule has 0 radical (unpaired) electrons. The molecule has 0 bridgehead atoms. The van der Waals surface area contributed by atoms with Gasteiger partial charge in [-0.2, -0.15) is 0 Å². The van der Waals surface area contributed by atoms with Gasteiger partial charge in [-0.3, -0.25) is 15.0 Å². The van der Waals surface area contributed by atoms with Gasteiger partial charge in [-0.1, -0.05) is 34.1 Å². The van der Waals surface area contributed by atoms with Gasteiger partial charge in [0.05, 0.1) is 5.69 Å². The van der Waals surface area contributed by atoms with Gasteiger partial charge < -0.3 is 5.11 Å². The maximum absolute atomic E-state index is 12.4. The first-order chi connectivity index (χ1) is 10.6. The second-order valence-corrected chi connectivity index (χ2v) is 5.59. The van der Waals surface area contributed by atoms with Crippen LogP contribution in [0.1, 0.15) is 5.56 Å². The highest BCUT2D eigenvalue weighted by atomic mass is 79.9. The molecule has 110 valence electrons. The Balaban J connectivity index is 1.95. The van der Waals surface area contributed by atoms with Gasteiger partial charge in [-0.25, -0.2) is 5.01 Å². The molecule has 1 aliphatic rings. The number of phenolic OH excluding ortho intramolecular Hbond substituents is 1. The van der Waals surface area contributed by atoms with Gasteiger partial charge in [-0.05, 0) is 36.4 Å². The topological polar surface area (TPSA) is 69.6 Å². The molecule has 5 nitrogen and oxygen atoms in total. The number of anilines is 1. The second kappa shape index (κ2) is 5.65. The van der Waals surface area contributed by atoms with Gasteiger partial charge in [0.1, 0.15) is 11.3 Å². The van der Waals surface area contributed by atoms with Crippen molar-refractivity contribution in [3.05, 3.63) is 64.1 Å². The molecule has 0 spiro atoms. The summed E-state index contributed by atoms with van der Waals surface area (Å²) < 4.78 is 0.874. The molecule has 0 unspecified atom stereocenters. The van der Waals surface area contributed by atoms with Crippen molar-refractivity contribution >= 4 is 39.5 Å². The Labute approximate surface area is 135 Å². The highest BCUT2D eigenvalue weighted by Crippen LogP contribution is 2.25. The van der Waals surface area contributed by atoms with Crippen molar-refractivity contribution in [1.29, 1.82) is 0 Å². The van der Waals surface area contributed by atoms with Gasteiger partial charge in [0.2, 0.25) is 0 Å². The van der Waals surface area contributed by atoms with Crippen LogP contribution in [0.15, 0.2) is 58.6 Å². The van der Waals surface area contributed by atoms with Crippen LogP contribution in [0.4, 0.5) is 5.69 Å². The van der Waals surface area contributed by atoms with E-state index in [1.54, 1.807) is 42.5 Å². The first kappa shape index (κ1) is 14.3. The summed E-state index contributed by atoms with van der Waals surface area (Å²) in [5, 5.41) is 10.9. The minimum absolute atomic E-state index is 0.0118. The van der Waals surface area contributed by atoms with Crippen LogP contribution in [0, 0.1) is 0 Å². The van der Waals surface area contributed by atoms with E-state index >= 15 is 0 Å². The number of hydrazine groups is 1. The third-order valence-electron chi connectivity index (χ3n) is 3.21. The molecular formula is C16H11BrN2O3. The molecular weight excluding hydrogens is 348 g/mol. The first-order valence-electron chi connectivity index (χ1n) is 6.47. The number of aromatic hydroxyl groups is 1. The van der Waals surface area contributed by atoms with Gasteiger partial charge in [0, 0.05) is 10.0 Å². The number of para-hydroxylation sites is 1. The molecule has 2 amide bonds. The number of benzene rings is 2. The number of carbonyl (C=O) groups excluding carboxylic acids is 2. The SMILES string of the molecule is O=C1NN(c2ccc(Br)cc2)C(=O)/C1=C/c1ccccc1O. The summed E-state index contributed by atoms with van der Waals surface area (Å²) in [6.45, 7) is 0. The maximum atomic E-state index is 12.4. The van der Waals surface area contributed by atoms with E-state index in [9.17, 15) is 14.7 Å². The summed E-state index contributed by atoms with van der Waals surface area (Å²) in [5.74, 6) is -0.954. The summed E-state index contributed by atoms with van der Waals surface area (Å²) >= 11 is 3.32. The predicted molar refractivity (Wildman–Crippen MR) is 85.9 cm³/mol. The summed E-state index contributed by atoms with van der Waals surface area (Å²) in [6, 6.07) is 13.5. The number of nitrogens with one attached hydrogen (secondary N) is 1. The van der Waals surface area contributed by atoms with Crippen molar-refractivity contribution in [3.63, 3.8) is 0 Å². The molecule has 1 heterocycles. The molecule has 22 heavy (non-hydrogen) atoms. The number of carbonyl (C=O) groups is 2. The van der Waals surface area contributed by atoms with Crippen molar-refractivity contribution in [2.75, 3.05) is 5.01 Å². The van der Waals surface area contributed by atoms with Crippen molar-refractivity contribution in [1.82, 2.24) is 5.43 Å². The van der Waals surface area contributed by atoms with Crippen LogP contribution in [0.2, 0.25) is 0 Å². The molecule has 0 atom stereocenters. The standard InChI is InChI=1S/C16H11BrN2O3/c17-11-5-7-12(8-6-11)19-16(22)13(15(21)18-19)9-10-3-1-2-4-14(10)20/h1-9,20H,(H,18,21)/b13-9+. The maximum Gasteiger partial charge on any atom is 0.282 e. The van der Waals surface area contributed by atoms with Crippen molar-refractivity contribution in [2.24, 2.45) is 0 Å². The lowest BCUT2D eigenvalue weighted by Gasteiger charge is -2.14. The van der Waals surface area contributed by atoms with Gasteiger partial charge in [0.15, 0.2) is 0 Å². The van der Waals surface area contributed by atoms with Crippen molar-refractivity contribution in [2.45, 2.75) is 0 Å². The smallest absolute Gasteiger partial charge is 0.282 e. The molecule has 6 heteroatoms. The molecule has 2 N–H and O–H groups in total. The van der Waals surface area contributed by atoms with Crippen LogP contribution in [0.3, 0.4) is 0 Å². The number of phenols is 1. The lowest BCUT2D eigenvalue weighted by molar-refractivity contribution is -0.117. The molecule has 1 aliphatic heterocycles. The first-order valence-corrected chi connectivity index (χ1v) is 7.26. The quantitative estimate of drug-likeness (QED) is 0.640. The van der Waals surface area contributed by atoms with Gasteiger partial charge >= 0.3 is 0 Å². The number of amides is 2. The molecule has 0 saturated carbocycles. The average molecular weight is 359 g/mol. The Bertz CT molecular complexity index is 784. The molecule has 2 aromatic carbocycles. The van der Waals surface area contributed by atoms with Crippen LogP contribution >= 0.6 is 15.9 Å². The van der Waals surface area contributed by atoms with Crippen LogP contribution in [-0.2, 0) is 9.59 Å². The lowest BCUT2D eigenvalue weighted by atomic mass is 10.1. The van der Waals surface area contributed by atoms with E-state index in [2.05, 4.69) is 21.4 Å². The summed E-state index contributed by atoms with van der Waals surface area (Å²) in [4.78, 5) is 24.4. The van der Waals surface area contributed by atoms with E-state index in [-0.39, 0.29) is 11.3 Å². The van der Waals surface area contributed by atoms with Gasteiger partial charge in [-0.15, -0.1) is 0 Å². The minimum atomic E-state index is -0.504. The third kappa shape index (κ3) is 2.60. The zero-order valence-corrected chi connectivity index (χ0v) is 12.9. The molecule has 0 aliphatic carbocycles. The third-order valence-corrected chi connectivity index (χ3v) is 3.74. The summed E-state index contributed by atoms with van der Waals surface area (Å²) in [7, 11) is 0. The number of hydrogen-bond donors (Lipinski definition) is 2. The van der Waals surface area contributed by atoms with E-state index < -0.39 is 11.8 Å². The normalized spacial score (nSPS) is 16.2. The molecule has 1 fully saturated rings. The lowest BCUT2D eigenvalue weighted by Crippen LogP contribution is -2.35. The van der Waals surface area contributed by atoms with Crippen LogP contribution in [0.5, 0.6) is 5.75 Å². The number of rotatable bonds is 2. The van der Waals surface area contributed by atoms with E-state index in [0.29, 0.717) is 11.3 Å². The fraction of sp³-hybridized carbons (Fsp3) is 0. The Morgan fingerprint density at radius 3 is 2.41 bits per heavy atom. The van der Waals surface area contributed by atoms with Crippen LogP contribution in [-0.4, -0.2) is 16.9 Å². The second-order valence-electron chi connectivity index (χ2n) is 4.67. The Kier molecular flexibility index (Phi) is 3.68. The molecule has 3 rings (SSSR count). The number of hydrogen-bond acceptors (Lipinski definition) is 3. The van der Waals surface area contributed by atoms with E-state index in [4.69, 9.17) is 0 Å². The Morgan fingerprint density at radius 2 is 1.73 bits per heavy atom. The average Bonchev–Trinajstić information content (AvgIpc) is 2.78. The minimum Gasteiger partial charge on any atom is -0.507 e. The highest BCUT2D eigenvalue weighted by Gasteiger charge is 2.34. The van der Waals surface area contributed by atoms with Crippen LogP contribution in [0.25, 0.3) is 6.08 Å². The van der Waals surface area contributed by atoms with Crippen LogP contribution < -0.4 is 10.4 Å². The molecule has 1 saturated heterocycles. The molecule has 0 aromatic heterocycles. The molecule has 2 aromatic rings. The van der Waals surface area contributed by atoms with E-state index in [1.165, 1.54) is 17.2 Å². The van der Waals surface area contributed by atoms with E-state index in [0.717, 1.165) is 4.47 Å². The fourth-order valence-corrected chi connectivity index (χ4v) is 2.36.